The van der Waals surface area contributed by atoms with Gasteiger partial charge in [0.2, 0.25) is 0 Å². The van der Waals surface area contributed by atoms with Crippen molar-refractivity contribution in [2.45, 2.75) is 37.4 Å². The van der Waals surface area contributed by atoms with Crippen molar-refractivity contribution in [2.24, 2.45) is 0 Å². The van der Waals surface area contributed by atoms with Crippen LogP contribution in [-0.4, -0.2) is 484 Å². The first-order valence-electron chi connectivity index (χ1n) is 26.7. The van der Waals surface area contributed by atoms with Crippen LogP contribution in [-0.2, 0) is 85.2 Å². The van der Waals surface area contributed by atoms with Crippen LogP contribution < -0.4 is 9.47 Å². The fourth-order valence-electron chi connectivity index (χ4n) is 11.5. The van der Waals surface area contributed by atoms with E-state index in [0.717, 1.165) is 19.6 Å². The predicted octanol–water partition coefficient (Wildman–Crippen LogP) is 0.551. The molecule has 6 aromatic rings. The third-order valence-electron chi connectivity index (χ3n) is 14.8. The summed E-state index contributed by atoms with van der Waals surface area (Å²) >= 11 is 0. The van der Waals surface area contributed by atoms with Gasteiger partial charge in [-0.25, -0.2) is 9.59 Å². The second-order valence-electron chi connectivity index (χ2n) is 20.9. The zero-order valence-corrected chi connectivity index (χ0v) is 69.4. The average molecular weight is 1520 g/mol. The van der Waals surface area contributed by atoms with Gasteiger partial charge in [-0.05, 0) is 60.7 Å². The number of aromatic hydroxyl groups is 4. The number of carboxylic acids is 8. The number of esters is 2. The Morgan fingerprint density at radius 1 is 0.309 bits per heavy atom. The van der Waals surface area contributed by atoms with Gasteiger partial charge in [0.25, 0.3) is 0 Å². The SMILES string of the molecule is O=C(O)CN(CC(=O)O)Cc1c(O)ccc2c1Oc1c(ccc(O)c1CN(CC(=O)O)CC(=O)O)C21OC(=O)c2ccccc21.O=C(O)CN(CC(=O)O)Cc1c(O)ccc2c1Oc1c(ccc(O)c1CN(CC(=O)O)CC(=O)O)C21OC(=O)c2ccccc21.[Ca].[Ca].[Ca].[Ca].[Ca].[K].[K]. The quantitative estimate of drug-likeness (QED) is 0.0291. The molecule has 0 amide bonds. The van der Waals surface area contributed by atoms with Crippen LogP contribution in [0, 0.1) is 0 Å². The summed E-state index contributed by atoms with van der Waals surface area (Å²) < 4.78 is 24.8. The van der Waals surface area contributed by atoms with E-state index in [0.29, 0.717) is 11.1 Å². The number of carbonyl (C=O) groups excluding carboxylic acids is 2. The zero-order chi connectivity index (χ0) is 65.3. The summed E-state index contributed by atoms with van der Waals surface area (Å²) in [4.78, 5) is 123. The van der Waals surface area contributed by atoms with Crippen LogP contribution in [0.1, 0.15) is 76.4 Å². The Bertz CT molecular complexity index is 3550. The topological polar surface area (TPSA) is 463 Å². The van der Waals surface area contributed by atoms with Crippen molar-refractivity contribution in [3.8, 4) is 46.0 Å². The molecule has 4 aliphatic heterocycles. The van der Waals surface area contributed by atoms with Crippen molar-refractivity contribution in [3.63, 3.8) is 0 Å². The molecular weight excluding hydrogens is 1470 g/mol. The Balaban J connectivity index is 0.000000616. The van der Waals surface area contributed by atoms with Crippen LogP contribution in [0.5, 0.6) is 46.0 Å². The molecule has 97 heavy (non-hydrogen) atoms. The van der Waals surface area contributed by atoms with Gasteiger partial charge in [0.1, 0.15) is 46.0 Å². The number of nitrogens with zero attached hydrogens (tertiary/aromatic N) is 4. The molecule has 2 spiro atoms. The van der Waals surface area contributed by atoms with Crippen molar-refractivity contribution in [1.82, 2.24) is 19.6 Å². The molecule has 0 saturated heterocycles. The van der Waals surface area contributed by atoms with Gasteiger partial charge in [-0.1, -0.05) is 36.4 Å². The molecule has 0 aliphatic carbocycles. The van der Waals surface area contributed by atoms with Gasteiger partial charge >= 0.3 is 59.7 Å². The number of hydrogen-bond acceptors (Lipinski definition) is 22. The number of rotatable bonds is 24. The molecule has 4 heterocycles. The summed E-state index contributed by atoms with van der Waals surface area (Å²) in [6, 6.07) is 23.7. The third-order valence-corrected chi connectivity index (χ3v) is 14.8. The average Bonchev–Trinajstić information content (AvgIpc) is 1.66. The molecule has 0 saturated carbocycles. The zero-order valence-electron chi connectivity index (χ0n) is 52.1. The molecule has 10 rings (SSSR count). The molecule has 30 nitrogen and oxygen atoms in total. The van der Waals surface area contributed by atoms with E-state index in [1.807, 2.05) is 0 Å². The van der Waals surface area contributed by atoms with Gasteiger partial charge < -0.3 is 80.2 Å². The molecule has 4 aliphatic rings. The third kappa shape index (κ3) is 20.4. The van der Waals surface area contributed by atoms with E-state index in [-0.39, 0.29) is 370 Å². The molecule has 0 fully saturated rings. The number of phenols is 4. The Kier molecular flexibility index (Phi) is 37.1. The van der Waals surface area contributed by atoms with Crippen LogP contribution in [0.3, 0.4) is 0 Å². The molecule has 12 radical (unpaired) electrons. The van der Waals surface area contributed by atoms with E-state index in [4.69, 9.17) is 18.9 Å². The normalized spacial score (nSPS) is 12.9. The second-order valence-corrected chi connectivity index (χ2v) is 20.9. The fourth-order valence-corrected chi connectivity index (χ4v) is 11.5. The Morgan fingerprint density at radius 3 is 0.701 bits per heavy atom. The van der Waals surface area contributed by atoms with Crippen molar-refractivity contribution < 1.29 is 128 Å². The fraction of sp³-hybridized carbons (Fsp3) is 0.233. The van der Waals surface area contributed by atoms with E-state index in [1.54, 1.807) is 36.4 Å². The van der Waals surface area contributed by atoms with E-state index < -0.39 is 172 Å². The van der Waals surface area contributed by atoms with E-state index in [9.17, 15) is 109 Å². The van der Waals surface area contributed by atoms with Gasteiger partial charge in [-0.3, -0.25) is 58.0 Å². The van der Waals surface area contributed by atoms with Crippen LogP contribution in [0.2, 0.25) is 0 Å². The van der Waals surface area contributed by atoms with Gasteiger partial charge in [-0.2, -0.15) is 0 Å². The van der Waals surface area contributed by atoms with Gasteiger partial charge in [0.15, 0.2) is 11.2 Å². The van der Waals surface area contributed by atoms with Crippen LogP contribution in [0.4, 0.5) is 0 Å². The number of fused-ring (bicyclic) bond motifs is 12. The largest absolute Gasteiger partial charge is 0.507 e. The molecule has 6 aromatic carbocycles. The molecule has 0 aromatic heterocycles. The number of carbonyl (C=O) groups is 10. The van der Waals surface area contributed by atoms with Crippen molar-refractivity contribution in [1.29, 1.82) is 0 Å². The first-order chi connectivity index (χ1) is 42.6. The summed E-state index contributed by atoms with van der Waals surface area (Å²) in [5, 5.41) is 119. The van der Waals surface area contributed by atoms with E-state index in [1.165, 1.54) is 60.7 Å². The van der Waals surface area contributed by atoms with Gasteiger partial charge in [0, 0.05) is 351 Å². The minimum Gasteiger partial charge on any atom is -0.507 e. The van der Waals surface area contributed by atoms with Crippen LogP contribution in [0.25, 0.3) is 0 Å². The number of carboxylic acid groups (broad SMARTS) is 8. The number of phenolic OH excluding ortho intramolecular Hbond substituents is 4. The second kappa shape index (κ2) is 39.4. The molecule has 37 heteroatoms. The molecule has 0 unspecified atom stereocenters. The summed E-state index contributed by atoms with van der Waals surface area (Å²) in [5.41, 5.74) is -1.91. The smallest absolute Gasteiger partial charge is 0.340 e. The molecular formula is C60H52Ca5K2N4O26. The molecule has 480 valence electrons. The Labute approximate surface area is 784 Å². The van der Waals surface area contributed by atoms with E-state index >= 15 is 0 Å². The van der Waals surface area contributed by atoms with Crippen molar-refractivity contribution in [3.05, 3.63) is 164 Å². The summed E-state index contributed by atoms with van der Waals surface area (Å²) in [6.45, 7) is -7.58. The molecule has 0 bridgehead atoms. The predicted molar refractivity (Wildman–Crippen MR) is 339 cm³/mol. The number of hydrogen-bond donors (Lipinski definition) is 12. The maximum atomic E-state index is 13.3. The number of benzene rings is 6. The van der Waals surface area contributed by atoms with Crippen LogP contribution >= 0.6 is 0 Å². The Hall–Kier alpha value is -1.77. The van der Waals surface area contributed by atoms with Crippen molar-refractivity contribution in [2.75, 3.05) is 52.4 Å². The Morgan fingerprint density at radius 2 is 0.505 bits per heavy atom. The number of aliphatic carboxylic acids is 8. The standard InChI is InChI=1S/2C30H26N2O13.5Ca.2K/c2*33-21-7-5-19-27(16(21)9-31(11-23(35)36)12-24(37)38)44-28-17(10-32(13-25(39)40)14-26(41)42)22(34)8-6-20(28)30(19)18-4-2-1-3-15(18)29(43)45-30;;;;;;;/h2*1-8,33-34H,9-14H2,(H,35,36)(H,37,38)(H,39,40)(H,41,42);;;;;;;. The minimum absolute atomic E-state index is 0. The van der Waals surface area contributed by atoms with Crippen molar-refractivity contribution >= 4 is 351 Å². The maximum absolute atomic E-state index is 13.3. The first-order valence-corrected chi connectivity index (χ1v) is 26.7. The van der Waals surface area contributed by atoms with Gasteiger partial charge in [0.05, 0.1) is 85.7 Å². The minimum atomic E-state index is -1.75. The summed E-state index contributed by atoms with van der Waals surface area (Å²) in [6.07, 6.45) is 0. The van der Waals surface area contributed by atoms with Crippen LogP contribution in [0.15, 0.2) is 97.1 Å². The maximum Gasteiger partial charge on any atom is 0.340 e. The molecule has 0 atom stereocenters. The van der Waals surface area contributed by atoms with Gasteiger partial charge in [-0.15, -0.1) is 0 Å². The first kappa shape index (κ1) is 91.3. The monoisotopic (exact) mass is 1520 g/mol. The number of ether oxygens (including phenoxy) is 4. The van der Waals surface area contributed by atoms with E-state index in [2.05, 4.69) is 0 Å². The summed E-state index contributed by atoms with van der Waals surface area (Å²) in [7, 11) is 0. The summed E-state index contributed by atoms with van der Waals surface area (Å²) in [5.74, 6) is -14.4. The molecule has 12 N–H and O–H groups in total.